The number of carbonyl (C=O) groups is 2. The van der Waals surface area contributed by atoms with E-state index < -0.39 is 11.5 Å². The van der Waals surface area contributed by atoms with Gasteiger partial charge < -0.3 is 15.6 Å². The Kier molecular flexibility index (Phi) is 5.99. The summed E-state index contributed by atoms with van der Waals surface area (Å²) in [7, 11) is 1.87. The van der Waals surface area contributed by atoms with Crippen LogP contribution in [0, 0.1) is 0 Å². The number of hydrogen-bond acceptors (Lipinski definition) is 7. The van der Waals surface area contributed by atoms with Gasteiger partial charge in [-0.1, -0.05) is 18.2 Å². The lowest BCUT2D eigenvalue weighted by Crippen LogP contribution is -2.32. The number of fused-ring (bicyclic) bond motifs is 2. The topological polar surface area (TPSA) is 138 Å². The van der Waals surface area contributed by atoms with Crippen molar-refractivity contribution in [2.45, 2.75) is 25.7 Å². The van der Waals surface area contributed by atoms with Crippen molar-refractivity contribution in [2.24, 2.45) is 7.05 Å². The molecule has 5 aromatic rings. The molecule has 39 heavy (non-hydrogen) atoms. The van der Waals surface area contributed by atoms with Gasteiger partial charge in [0.25, 0.3) is 11.5 Å². The fourth-order valence-corrected chi connectivity index (χ4v) is 5.13. The van der Waals surface area contributed by atoms with Crippen LogP contribution >= 0.6 is 0 Å². The van der Waals surface area contributed by atoms with E-state index in [2.05, 4.69) is 20.3 Å². The van der Waals surface area contributed by atoms with E-state index in [-0.39, 0.29) is 17.2 Å². The number of Topliss-reactive ketones (excluding diaryl/α,β-unsaturated/α-hetero) is 1. The molecule has 194 valence electrons. The number of amides is 1. The molecular weight excluding hydrogens is 494 g/mol. The third kappa shape index (κ3) is 4.25. The van der Waals surface area contributed by atoms with Crippen LogP contribution in [0.5, 0.6) is 0 Å². The van der Waals surface area contributed by atoms with E-state index in [1.54, 1.807) is 30.5 Å². The van der Waals surface area contributed by atoms with Crippen LogP contribution in [-0.4, -0.2) is 35.8 Å². The van der Waals surface area contributed by atoms with Crippen molar-refractivity contribution in [3.63, 3.8) is 0 Å². The maximum absolute atomic E-state index is 13.6. The first kappa shape index (κ1) is 24.2. The average molecular weight is 520 g/mol. The Bertz CT molecular complexity index is 1810. The second kappa shape index (κ2) is 9.64. The van der Waals surface area contributed by atoms with Crippen molar-refractivity contribution in [3.8, 4) is 16.8 Å². The highest BCUT2D eigenvalue weighted by Crippen LogP contribution is 2.32. The predicted molar refractivity (Wildman–Crippen MR) is 148 cm³/mol. The number of benzene rings is 1. The maximum Gasteiger partial charge on any atom is 0.268 e. The first-order valence-corrected chi connectivity index (χ1v) is 12.6. The zero-order valence-corrected chi connectivity index (χ0v) is 21.2. The third-order valence-electron chi connectivity index (χ3n) is 7.03. The number of nitrogens with two attached hydrogens (primary N) is 1. The van der Waals surface area contributed by atoms with Crippen molar-refractivity contribution < 1.29 is 9.59 Å². The SMILES string of the molecule is Cn1cc(-c2ccc(NC(=O)c3cc4c(n(-c5ccccc5)c3=O)CCCCC4=O)nc2)c2c(N)ncnc21. The number of ketones is 1. The number of aryl methyl sites for hydroxylation is 1. The number of anilines is 2. The molecule has 0 spiro atoms. The molecule has 1 aliphatic carbocycles. The van der Waals surface area contributed by atoms with Gasteiger partial charge in [-0.05, 0) is 49.6 Å². The van der Waals surface area contributed by atoms with Crippen LogP contribution in [0.15, 0.2) is 72.0 Å². The van der Waals surface area contributed by atoms with Gasteiger partial charge in [0.1, 0.15) is 29.2 Å². The second-order valence-electron chi connectivity index (χ2n) is 9.52. The van der Waals surface area contributed by atoms with Crippen LogP contribution in [0.25, 0.3) is 27.8 Å². The molecule has 10 nitrogen and oxygen atoms in total. The summed E-state index contributed by atoms with van der Waals surface area (Å²) < 4.78 is 3.35. The number of rotatable bonds is 4. The number of nitrogen functional groups attached to an aromatic ring is 1. The monoisotopic (exact) mass is 519 g/mol. The molecule has 1 amide bonds. The molecule has 1 aliphatic rings. The lowest BCUT2D eigenvalue weighted by molar-refractivity contribution is 0.0981. The Balaban J connectivity index is 1.36. The standard InChI is InChI=1S/C29H25N7O3/c1-35-15-21(25-26(30)32-16-33-27(25)35)17-11-12-24(31-14-17)34-28(38)20-13-19-22(9-5-6-10-23(19)37)36(29(20)39)18-7-3-2-4-8-18/h2-4,7-8,11-16H,5-6,9-10H2,1H3,(H2,30,32,33)(H,31,34,38). The summed E-state index contributed by atoms with van der Waals surface area (Å²) in [5.74, 6) is -0.0739. The normalized spacial score (nSPS) is 13.2. The average Bonchev–Trinajstić information content (AvgIpc) is 3.18. The zero-order chi connectivity index (χ0) is 27.1. The van der Waals surface area contributed by atoms with Crippen molar-refractivity contribution in [1.82, 2.24) is 24.1 Å². The molecule has 0 saturated carbocycles. The fraction of sp³-hybridized carbons (Fsp3) is 0.172. The summed E-state index contributed by atoms with van der Waals surface area (Å²) in [6.07, 6.45) is 7.42. The smallest absolute Gasteiger partial charge is 0.268 e. The molecule has 4 aromatic heterocycles. The number of para-hydroxylation sites is 1. The quantitative estimate of drug-likeness (QED) is 0.343. The Morgan fingerprint density at radius 3 is 2.54 bits per heavy atom. The highest BCUT2D eigenvalue weighted by atomic mass is 16.2. The molecule has 4 heterocycles. The lowest BCUT2D eigenvalue weighted by Gasteiger charge is -2.17. The maximum atomic E-state index is 13.6. The predicted octanol–water partition coefficient (Wildman–Crippen LogP) is 3.92. The number of hydrogen-bond donors (Lipinski definition) is 2. The number of carbonyl (C=O) groups excluding carboxylic acids is 2. The fourth-order valence-electron chi connectivity index (χ4n) is 5.13. The van der Waals surface area contributed by atoms with Crippen molar-refractivity contribution in [1.29, 1.82) is 0 Å². The number of nitrogens with one attached hydrogen (secondary N) is 1. The minimum Gasteiger partial charge on any atom is -0.383 e. The van der Waals surface area contributed by atoms with Crippen LogP contribution in [-0.2, 0) is 13.5 Å². The first-order valence-electron chi connectivity index (χ1n) is 12.6. The lowest BCUT2D eigenvalue weighted by atomic mass is 10.0. The van der Waals surface area contributed by atoms with E-state index in [1.807, 2.05) is 36.0 Å². The van der Waals surface area contributed by atoms with Crippen molar-refractivity contribution in [2.75, 3.05) is 11.1 Å². The molecule has 1 aromatic carbocycles. The Morgan fingerprint density at radius 2 is 1.77 bits per heavy atom. The van der Waals surface area contributed by atoms with Crippen LogP contribution in [0.4, 0.5) is 11.6 Å². The Hall–Kier alpha value is -5.12. The second-order valence-corrected chi connectivity index (χ2v) is 9.52. The minimum atomic E-state index is -0.632. The van der Waals surface area contributed by atoms with Crippen LogP contribution in [0.3, 0.4) is 0 Å². The minimum absolute atomic E-state index is 0.0675. The molecule has 0 radical (unpaired) electrons. The molecule has 3 N–H and O–H groups in total. The Labute approximate surface area is 223 Å². The largest absolute Gasteiger partial charge is 0.383 e. The zero-order valence-electron chi connectivity index (χ0n) is 21.2. The summed E-state index contributed by atoms with van der Waals surface area (Å²) in [5.41, 5.74) is 9.47. The highest BCUT2D eigenvalue weighted by Gasteiger charge is 2.25. The van der Waals surface area contributed by atoms with Gasteiger partial charge in [0.15, 0.2) is 5.78 Å². The van der Waals surface area contributed by atoms with Crippen LogP contribution < -0.4 is 16.6 Å². The number of pyridine rings is 2. The van der Waals surface area contributed by atoms with Gasteiger partial charge in [-0.3, -0.25) is 19.0 Å². The molecule has 6 rings (SSSR count). The molecule has 0 unspecified atom stereocenters. The van der Waals surface area contributed by atoms with Gasteiger partial charge >= 0.3 is 0 Å². The summed E-state index contributed by atoms with van der Waals surface area (Å²) >= 11 is 0. The molecule has 10 heteroatoms. The summed E-state index contributed by atoms with van der Waals surface area (Å²) in [6.45, 7) is 0. The number of aromatic nitrogens is 5. The van der Waals surface area contributed by atoms with Gasteiger partial charge in [-0.2, -0.15) is 0 Å². The van der Waals surface area contributed by atoms with Gasteiger partial charge in [0.2, 0.25) is 0 Å². The third-order valence-corrected chi connectivity index (χ3v) is 7.03. The Morgan fingerprint density at radius 1 is 0.974 bits per heavy atom. The molecule has 0 bridgehead atoms. The van der Waals surface area contributed by atoms with E-state index in [0.717, 1.165) is 29.4 Å². The molecule has 0 aliphatic heterocycles. The highest BCUT2D eigenvalue weighted by molar-refractivity contribution is 6.06. The van der Waals surface area contributed by atoms with E-state index in [9.17, 15) is 14.4 Å². The molecule has 0 saturated heterocycles. The van der Waals surface area contributed by atoms with Crippen molar-refractivity contribution >= 4 is 34.4 Å². The van der Waals surface area contributed by atoms with Gasteiger partial charge in [0, 0.05) is 53.9 Å². The van der Waals surface area contributed by atoms with E-state index in [1.165, 1.54) is 17.0 Å². The molecule has 0 fully saturated rings. The number of nitrogens with zero attached hydrogens (tertiary/aromatic N) is 5. The van der Waals surface area contributed by atoms with Crippen LogP contribution in [0.1, 0.15) is 45.7 Å². The van der Waals surface area contributed by atoms with Crippen LogP contribution in [0.2, 0.25) is 0 Å². The summed E-state index contributed by atoms with van der Waals surface area (Å²) in [5, 5.41) is 3.44. The van der Waals surface area contributed by atoms with E-state index in [4.69, 9.17) is 5.73 Å². The summed E-state index contributed by atoms with van der Waals surface area (Å²) in [6, 6.07) is 14.0. The molecular formula is C29H25N7O3. The molecule has 0 atom stereocenters. The van der Waals surface area contributed by atoms with E-state index >= 15 is 0 Å². The van der Waals surface area contributed by atoms with Gasteiger partial charge in [-0.15, -0.1) is 0 Å². The van der Waals surface area contributed by atoms with Crippen molar-refractivity contribution in [3.05, 3.63) is 94.4 Å². The summed E-state index contributed by atoms with van der Waals surface area (Å²) in [4.78, 5) is 52.7. The van der Waals surface area contributed by atoms with E-state index in [0.29, 0.717) is 41.3 Å². The first-order chi connectivity index (χ1) is 18.9. The van der Waals surface area contributed by atoms with Gasteiger partial charge in [0.05, 0.1) is 5.39 Å². The van der Waals surface area contributed by atoms with Gasteiger partial charge in [-0.25, -0.2) is 15.0 Å².